The summed E-state index contributed by atoms with van der Waals surface area (Å²) in [5.74, 6) is 1.05. The van der Waals surface area contributed by atoms with Gasteiger partial charge in [0.1, 0.15) is 11.5 Å². The first-order chi connectivity index (χ1) is 10.6. The van der Waals surface area contributed by atoms with Crippen molar-refractivity contribution >= 4 is 12.0 Å². The predicted octanol–water partition coefficient (Wildman–Crippen LogP) is 4.23. The van der Waals surface area contributed by atoms with E-state index in [-0.39, 0.29) is 12.1 Å². The Bertz CT molecular complexity index is 466. The zero-order valence-electron chi connectivity index (χ0n) is 13.9. The molecule has 4 heteroatoms. The minimum Gasteiger partial charge on any atom is -0.493 e. The van der Waals surface area contributed by atoms with Crippen molar-refractivity contribution in [2.75, 3.05) is 13.2 Å². The SMILES string of the molecule is CCCOc1cccc(OCCC)c1C=CC(=O)OC(C)C. The summed E-state index contributed by atoms with van der Waals surface area (Å²) in [7, 11) is 0. The van der Waals surface area contributed by atoms with Crippen LogP contribution in [-0.4, -0.2) is 25.3 Å². The van der Waals surface area contributed by atoms with Crippen LogP contribution in [0.4, 0.5) is 0 Å². The van der Waals surface area contributed by atoms with Crippen molar-refractivity contribution in [3.8, 4) is 11.5 Å². The molecule has 0 aliphatic carbocycles. The highest BCUT2D eigenvalue weighted by Gasteiger charge is 2.09. The molecule has 0 fully saturated rings. The lowest BCUT2D eigenvalue weighted by Crippen LogP contribution is -2.08. The van der Waals surface area contributed by atoms with E-state index < -0.39 is 0 Å². The Balaban J connectivity index is 2.99. The molecule has 0 aliphatic rings. The Kier molecular flexibility index (Phi) is 8.11. The molecule has 0 aromatic heterocycles. The van der Waals surface area contributed by atoms with E-state index in [1.54, 1.807) is 6.08 Å². The number of esters is 1. The molecule has 1 aromatic rings. The summed E-state index contributed by atoms with van der Waals surface area (Å²) in [6, 6.07) is 5.64. The average Bonchev–Trinajstić information content (AvgIpc) is 2.48. The van der Waals surface area contributed by atoms with Crippen LogP contribution < -0.4 is 9.47 Å². The number of carbonyl (C=O) groups is 1. The van der Waals surface area contributed by atoms with E-state index in [0.717, 1.165) is 18.4 Å². The maximum Gasteiger partial charge on any atom is 0.331 e. The minimum atomic E-state index is -0.373. The number of rotatable bonds is 9. The third kappa shape index (κ3) is 6.20. The Labute approximate surface area is 133 Å². The van der Waals surface area contributed by atoms with Gasteiger partial charge in [0.2, 0.25) is 0 Å². The van der Waals surface area contributed by atoms with Crippen molar-refractivity contribution in [3.63, 3.8) is 0 Å². The van der Waals surface area contributed by atoms with Gasteiger partial charge < -0.3 is 14.2 Å². The van der Waals surface area contributed by atoms with Crippen molar-refractivity contribution in [1.29, 1.82) is 0 Å². The first kappa shape index (κ1) is 18.1. The van der Waals surface area contributed by atoms with Crippen LogP contribution in [-0.2, 0) is 9.53 Å². The van der Waals surface area contributed by atoms with E-state index >= 15 is 0 Å². The quantitative estimate of drug-likeness (QED) is 0.506. The van der Waals surface area contributed by atoms with Crippen molar-refractivity contribution in [2.45, 2.75) is 46.6 Å². The van der Waals surface area contributed by atoms with Gasteiger partial charge in [0, 0.05) is 6.08 Å². The van der Waals surface area contributed by atoms with E-state index in [1.165, 1.54) is 6.08 Å². The normalized spacial score (nSPS) is 11.0. The van der Waals surface area contributed by atoms with E-state index in [9.17, 15) is 4.79 Å². The smallest absolute Gasteiger partial charge is 0.331 e. The monoisotopic (exact) mass is 306 g/mol. The molecule has 0 saturated carbocycles. The molecule has 1 aromatic carbocycles. The van der Waals surface area contributed by atoms with Gasteiger partial charge in [0.25, 0.3) is 0 Å². The molecule has 0 radical (unpaired) electrons. The highest BCUT2D eigenvalue weighted by atomic mass is 16.5. The molecule has 0 bridgehead atoms. The topological polar surface area (TPSA) is 44.8 Å². The van der Waals surface area contributed by atoms with Crippen LogP contribution in [0.15, 0.2) is 24.3 Å². The summed E-state index contributed by atoms with van der Waals surface area (Å²) in [5, 5.41) is 0. The molecular formula is C18H26O4. The van der Waals surface area contributed by atoms with Crippen LogP contribution in [0.25, 0.3) is 6.08 Å². The second kappa shape index (κ2) is 9.87. The fourth-order valence-corrected chi connectivity index (χ4v) is 1.79. The van der Waals surface area contributed by atoms with Gasteiger partial charge in [-0.1, -0.05) is 19.9 Å². The second-order valence-corrected chi connectivity index (χ2v) is 5.18. The zero-order chi connectivity index (χ0) is 16.4. The van der Waals surface area contributed by atoms with Gasteiger partial charge in [-0.3, -0.25) is 0 Å². The van der Waals surface area contributed by atoms with Gasteiger partial charge in [-0.2, -0.15) is 0 Å². The Hall–Kier alpha value is -1.97. The number of benzene rings is 1. The Morgan fingerprint density at radius 2 is 1.64 bits per heavy atom. The molecule has 0 amide bonds. The Morgan fingerprint density at radius 1 is 1.09 bits per heavy atom. The molecule has 0 N–H and O–H groups in total. The van der Waals surface area contributed by atoms with Crippen LogP contribution in [0.5, 0.6) is 11.5 Å². The van der Waals surface area contributed by atoms with E-state index in [1.807, 2.05) is 45.9 Å². The van der Waals surface area contributed by atoms with Crippen LogP contribution in [0.1, 0.15) is 46.1 Å². The lowest BCUT2D eigenvalue weighted by atomic mass is 10.1. The van der Waals surface area contributed by atoms with Crippen molar-refractivity contribution in [3.05, 3.63) is 29.8 Å². The first-order valence-corrected chi connectivity index (χ1v) is 7.85. The van der Waals surface area contributed by atoms with Gasteiger partial charge in [-0.05, 0) is 44.9 Å². The maximum atomic E-state index is 11.7. The fourth-order valence-electron chi connectivity index (χ4n) is 1.79. The summed E-state index contributed by atoms with van der Waals surface area (Å²) in [6.07, 6.45) is 4.80. The molecule has 0 atom stereocenters. The minimum absolute atomic E-state index is 0.139. The number of hydrogen-bond donors (Lipinski definition) is 0. The van der Waals surface area contributed by atoms with E-state index in [2.05, 4.69) is 0 Å². The van der Waals surface area contributed by atoms with E-state index in [0.29, 0.717) is 24.7 Å². The largest absolute Gasteiger partial charge is 0.493 e. The number of hydrogen-bond acceptors (Lipinski definition) is 4. The van der Waals surface area contributed by atoms with Gasteiger partial charge in [0.15, 0.2) is 0 Å². The zero-order valence-corrected chi connectivity index (χ0v) is 13.9. The molecule has 0 heterocycles. The van der Waals surface area contributed by atoms with Crippen LogP contribution >= 0.6 is 0 Å². The summed E-state index contributed by atoms with van der Waals surface area (Å²) >= 11 is 0. The number of ether oxygens (including phenoxy) is 3. The predicted molar refractivity (Wildman–Crippen MR) is 88.3 cm³/mol. The van der Waals surface area contributed by atoms with Crippen LogP contribution in [0.3, 0.4) is 0 Å². The van der Waals surface area contributed by atoms with Gasteiger partial charge in [-0.15, -0.1) is 0 Å². The summed E-state index contributed by atoms with van der Waals surface area (Å²) < 4.78 is 16.6. The average molecular weight is 306 g/mol. The molecule has 0 spiro atoms. The lowest BCUT2D eigenvalue weighted by molar-refractivity contribution is -0.141. The molecule has 4 nitrogen and oxygen atoms in total. The fraction of sp³-hybridized carbons (Fsp3) is 0.500. The second-order valence-electron chi connectivity index (χ2n) is 5.18. The maximum absolute atomic E-state index is 11.7. The third-order valence-electron chi connectivity index (χ3n) is 2.69. The van der Waals surface area contributed by atoms with Crippen LogP contribution in [0, 0.1) is 0 Å². The Morgan fingerprint density at radius 3 is 2.09 bits per heavy atom. The first-order valence-electron chi connectivity index (χ1n) is 7.85. The molecule has 0 aliphatic heterocycles. The summed E-state index contributed by atoms with van der Waals surface area (Å²) in [6.45, 7) is 8.97. The summed E-state index contributed by atoms with van der Waals surface area (Å²) in [5.41, 5.74) is 0.769. The molecular weight excluding hydrogens is 280 g/mol. The molecule has 0 saturated heterocycles. The van der Waals surface area contributed by atoms with Gasteiger partial charge >= 0.3 is 5.97 Å². The van der Waals surface area contributed by atoms with E-state index in [4.69, 9.17) is 14.2 Å². The van der Waals surface area contributed by atoms with Crippen molar-refractivity contribution < 1.29 is 19.0 Å². The van der Waals surface area contributed by atoms with Gasteiger partial charge in [0.05, 0.1) is 24.9 Å². The van der Waals surface area contributed by atoms with Crippen molar-refractivity contribution in [1.82, 2.24) is 0 Å². The van der Waals surface area contributed by atoms with Gasteiger partial charge in [-0.25, -0.2) is 4.79 Å². The third-order valence-corrected chi connectivity index (χ3v) is 2.69. The summed E-state index contributed by atoms with van der Waals surface area (Å²) in [4.78, 5) is 11.7. The molecule has 1 rings (SSSR count). The van der Waals surface area contributed by atoms with Crippen molar-refractivity contribution in [2.24, 2.45) is 0 Å². The lowest BCUT2D eigenvalue weighted by Gasteiger charge is -2.13. The highest BCUT2D eigenvalue weighted by Crippen LogP contribution is 2.30. The molecule has 0 unspecified atom stereocenters. The highest BCUT2D eigenvalue weighted by molar-refractivity contribution is 5.88. The number of carbonyl (C=O) groups excluding carboxylic acids is 1. The molecule has 122 valence electrons. The van der Waals surface area contributed by atoms with Crippen LogP contribution in [0.2, 0.25) is 0 Å². The molecule has 22 heavy (non-hydrogen) atoms. The standard InChI is InChI=1S/C18H26O4/c1-5-12-20-16-8-7-9-17(21-13-6-2)15(16)10-11-18(19)22-14(3)4/h7-11,14H,5-6,12-13H2,1-4H3.